The lowest BCUT2D eigenvalue weighted by atomic mass is 10.1. The Kier molecular flexibility index (Phi) is 3.36. The highest BCUT2D eigenvalue weighted by molar-refractivity contribution is 6.35. The van der Waals surface area contributed by atoms with Gasteiger partial charge in [-0.25, -0.2) is 0 Å². The number of carbonyl (C=O) groups is 1. The molecule has 3 rings (SSSR count). The van der Waals surface area contributed by atoms with Crippen LogP contribution in [0.4, 0.5) is 0 Å². The van der Waals surface area contributed by atoms with E-state index in [1.54, 1.807) is 6.20 Å². The van der Waals surface area contributed by atoms with Gasteiger partial charge in [0.15, 0.2) is 0 Å². The highest BCUT2D eigenvalue weighted by Crippen LogP contribution is 2.24. The van der Waals surface area contributed by atoms with E-state index in [0.717, 1.165) is 16.5 Å². The molecule has 1 aliphatic heterocycles. The molecule has 1 fully saturated rings. The van der Waals surface area contributed by atoms with Gasteiger partial charge in [-0.3, -0.25) is 9.78 Å². The number of aromatic nitrogens is 1. The number of hydrogen-bond donors (Lipinski definition) is 2. The number of hydrogen-bond acceptors (Lipinski definition) is 3. The van der Waals surface area contributed by atoms with Crippen molar-refractivity contribution in [2.75, 3.05) is 6.54 Å². The molecule has 1 amide bonds. The molecular formula is C14H14ClN3O. The van der Waals surface area contributed by atoms with Gasteiger partial charge in [-0.05, 0) is 23.8 Å². The lowest BCUT2D eigenvalue weighted by molar-refractivity contribution is -0.119. The molecule has 0 aliphatic carbocycles. The van der Waals surface area contributed by atoms with Crippen molar-refractivity contribution in [3.05, 3.63) is 41.0 Å². The van der Waals surface area contributed by atoms with Crippen molar-refractivity contribution in [1.29, 1.82) is 0 Å². The van der Waals surface area contributed by atoms with Gasteiger partial charge in [0.1, 0.15) is 0 Å². The highest BCUT2D eigenvalue weighted by atomic mass is 35.5. The number of rotatable bonds is 3. The molecule has 1 saturated heterocycles. The summed E-state index contributed by atoms with van der Waals surface area (Å²) in [7, 11) is 0. The molecular weight excluding hydrogens is 262 g/mol. The second-order valence-electron chi connectivity index (χ2n) is 4.69. The third-order valence-electron chi connectivity index (χ3n) is 3.36. The van der Waals surface area contributed by atoms with Crippen LogP contribution in [0.1, 0.15) is 12.0 Å². The SMILES string of the molecule is O=C1CC(NCc2ccc(Cl)c3cccnc23)CN1. The van der Waals surface area contributed by atoms with E-state index >= 15 is 0 Å². The van der Waals surface area contributed by atoms with Crippen LogP contribution in [-0.2, 0) is 11.3 Å². The van der Waals surface area contributed by atoms with Crippen molar-refractivity contribution in [2.24, 2.45) is 0 Å². The summed E-state index contributed by atoms with van der Waals surface area (Å²) in [5.74, 6) is 0.108. The maximum atomic E-state index is 11.1. The average molecular weight is 276 g/mol. The van der Waals surface area contributed by atoms with Crippen LogP contribution in [-0.4, -0.2) is 23.5 Å². The van der Waals surface area contributed by atoms with Crippen LogP contribution in [0.5, 0.6) is 0 Å². The van der Waals surface area contributed by atoms with Gasteiger partial charge >= 0.3 is 0 Å². The average Bonchev–Trinajstić information content (AvgIpc) is 2.84. The zero-order chi connectivity index (χ0) is 13.2. The van der Waals surface area contributed by atoms with Gasteiger partial charge in [0.2, 0.25) is 5.91 Å². The number of benzene rings is 1. The number of amides is 1. The van der Waals surface area contributed by atoms with Crippen molar-refractivity contribution in [3.8, 4) is 0 Å². The maximum absolute atomic E-state index is 11.1. The normalized spacial score (nSPS) is 18.8. The lowest BCUT2D eigenvalue weighted by Gasteiger charge is -2.12. The molecule has 0 spiro atoms. The zero-order valence-corrected chi connectivity index (χ0v) is 11.1. The van der Waals surface area contributed by atoms with E-state index in [-0.39, 0.29) is 11.9 Å². The quantitative estimate of drug-likeness (QED) is 0.899. The topological polar surface area (TPSA) is 54.0 Å². The molecule has 1 aromatic carbocycles. The van der Waals surface area contributed by atoms with Crippen molar-refractivity contribution in [2.45, 2.75) is 19.0 Å². The first-order valence-electron chi connectivity index (χ1n) is 6.26. The predicted octanol–water partition coefficient (Wildman–Crippen LogP) is 1.87. The summed E-state index contributed by atoms with van der Waals surface area (Å²) in [6.45, 7) is 1.38. The first kappa shape index (κ1) is 12.4. The van der Waals surface area contributed by atoms with Gasteiger partial charge in [-0.1, -0.05) is 17.7 Å². The first-order valence-corrected chi connectivity index (χ1v) is 6.64. The number of carbonyl (C=O) groups excluding carboxylic acids is 1. The summed E-state index contributed by atoms with van der Waals surface area (Å²) in [5, 5.41) is 7.86. The monoisotopic (exact) mass is 275 g/mol. The maximum Gasteiger partial charge on any atom is 0.221 e. The molecule has 2 aromatic rings. The van der Waals surface area contributed by atoms with Crippen LogP contribution in [0.25, 0.3) is 10.9 Å². The van der Waals surface area contributed by atoms with Gasteiger partial charge in [0.25, 0.3) is 0 Å². The lowest BCUT2D eigenvalue weighted by Crippen LogP contribution is -2.30. The van der Waals surface area contributed by atoms with E-state index in [0.29, 0.717) is 24.5 Å². The molecule has 19 heavy (non-hydrogen) atoms. The van der Waals surface area contributed by atoms with Gasteiger partial charge in [-0.2, -0.15) is 0 Å². The number of nitrogens with one attached hydrogen (secondary N) is 2. The summed E-state index contributed by atoms with van der Waals surface area (Å²) in [6, 6.07) is 7.91. The van der Waals surface area contributed by atoms with Crippen molar-refractivity contribution in [3.63, 3.8) is 0 Å². The van der Waals surface area contributed by atoms with E-state index in [1.165, 1.54) is 0 Å². The summed E-state index contributed by atoms with van der Waals surface area (Å²) in [4.78, 5) is 15.5. The number of halogens is 1. The van der Waals surface area contributed by atoms with Gasteiger partial charge < -0.3 is 10.6 Å². The Labute approximate surface area is 116 Å². The third kappa shape index (κ3) is 2.55. The molecule has 5 heteroatoms. The predicted molar refractivity (Wildman–Crippen MR) is 75.0 cm³/mol. The molecule has 0 bridgehead atoms. The molecule has 0 radical (unpaired) electrons. The highest BCUT2D eigenvalue weighted by Gasteiger charge is 2.20. The van der Waals surface area contributed by atoms with Crippen LogP contribution < -0.4 is 10.6 Å². The van der Waals surface area contributed by atoms with Gasteiger partial charge in [-0.15, -0.1) is 0 Å². The summed E-state index contributed by atoms with van der Waals surface area (Å²) in [6.07, 6.45) is 2.31. The summed E-state index contributed by atoms with van der Waals surface area (Å²) in [5.41, 5.74) is 2.01. The van der Waals surface area contributed by atoms with Crippen molar-refractivity contribution >= 4 is 28.4 Å². The van der Waals surface area contributed by atoms with Crippen LogP contribution in [0.15, 0.2) is 30.5 Å². The number of nitrogens with zero attached hydrogens (tertiary/aromatic N) is 1. The third-order valence-corrected chi connectivity index (χ3v) is 3.69. The van der Waals surface area contributed by atoms with Crippen LogP contribution in [0.3, 0.4) is 0 Å². The molecule has 2 N–H and O–H groups in total. The minimum atomic E-state index is 0.108. The van der Waals surface area contributed by atoms with E-state index in [9.17, 15) is 4.79 Å². The Morgan fingerprint density at radius 2 is 2.32 bits per heavy atom. The Balaban J connectivity index is 1.81. The Hall–Kier alpha value is -1.65. The fourth-order valence-electron chi connectivity index (χ4n) is 2.34. The Bertz CT molecular complexity index is 629. The van der Waals surface area contributed by atoms with Crippen LogP contribution in [0, 0.1) is 0 Å². The van der Waals surface area contributed by atoms with E-state index in [1.807, 2.05) is 24.3 Å². The van der Waals surface area contributed by atoms with Crippen LogP contribution >= 0.6 is 11.6 Å². The van der Waals surface area contributed by atoms with E-state index in [2.05, 4.69) is 15.6 Å². The second kappa shape index (κ2) is 5.15. The van der Waals surface area contributed by atoms with Crippen LogP contribution in [0.2, 0.25) is 5.02 Å². The minimum Gasteiger partial charge on any atom is -0.354 e. The molecule has 2 heterocycles. The molecule has 1 aliphatic rings. The number of pyridine rings is 1. The molecule has 4 nitrogen and oxygen atoms in total. The summed E-state index contributed by atoms with van der Waals surface area (Å²) < 4.78 is 0. The zero-order valence-electron chi connectivity index (χ0n) is 10.3. The fourth-order valence-corrected chi connectivity index (χ4v) is 2.56. The smallest absolute Gasteiger partial charge is 0.221 e. The first-order chi connectivity index (χ1) is 9.24. The molecule has 1 atom stereocenters. The summed E-state index contributed by atoms with van der Waals surface area (Å²) >= 11 is 6.16. The van der Waals surface area contributed by atoms with Crippen molar-refractivity contribution in [1.82, 2.24) is 15.6 Å². The fraction of sp³-hybridized carbons (Fsp3) is 0.286. The molecule has 98 valence electrons. The Morgan fingerprint density at radius 1 is 1.42 bits per heavy atom. The molecule has 1 aromatic heterocycles. The molecule has 1 unspecified atom stereocenters. The van der Waals surface area contributed by atoms with Gasteiger partial charge in [0, 0.05) is 42.2 Å². The standard InChI is InChI=1S/C14H14ClN3O/c15-12-4-3-9(14-11(12)2-1-5-16-14)7-17-10-6-13(19)18-8-10/h1-5,10,17H,6-8H2,(H,18,19). The number of fused-ring (bicyclic) bond motifs is 1. The van der Waals surface area contributed by atoms with Gasteiger partial charge in [0.05, 0.1) is 5.52 Å². The van der Waals surface area contributed by atoms with Crippen molar-refractivity contribution < 1.29 is 4.79 Å². The Morgan fingerprint density at radius 3 is 3.11 bits per heavy atom. The molecule has 0 saturated carbocycles. The minimum absolute atomic E-state index is 0.108. The second-order valence-corrected chi connectivity index (χ2v) is 5.10. The van der Waals surface area contributed by atoms with E-state index in [4.69, 9.17) is 11.6 Å². The largest absolute Gasteiger partial charge is 0.354 e. The van der Waals surface area contributed by atoms with E-state index < -0.39 is 0 Å².